The van der Waals surface area contributed by atoms with Crippen LogP contribution in [0.4, 0.5) is 0 Å². The third kappa shape index (κ3) is 1.97. The van der Waals surface area contributed by atoms with Gasteiger partial charge in [0.25, 0.3) is 5.56 Å². The zero-order valence-electron chi connectivity index (χ0n) is 9.31. The van der Waals surface area contributed by atoms with Crippen LogP contribution in [0.1, 0.15) is 12.0 Å². The van der Waals surface area contributed by atoms with Gasteiger partial charge in [-0.25, -0.2) is 4.98 Å². The zero-order valence-corrected chi connectivity index (χ0v) is 9.31. The van der Waals surface area contributed by atoms with E-state index in [0.29, 0.717) is 18.5 Å². The molecule has 1 aromatic heterocycles. The second-order valence-corrected chi connectivity index (χ2v) is 3.91. The average molecular weight is 217 g/mol. The number of nitrogens with two attached hydrogens (primary N) is 1. The topological polar surface area (TPSA) is 60.9 Å². The summed E-state index contributed by atoms with van der Waals surface area (Å²) in [5.74, 6) is 0. The third-order valence-electron chi connectivity index (χ3n) is 2.58. The molecular weight excluding hydrogens is 202 g/mol. The lowest BCUT2D eigenvalue weighted by Gasteiger charge is -2.05. The molecule has 84 valence electrons. The van der Waals surface area contributed by atoms with Crippen molar-refractivity contribution in [2.75, 3.05) is 6.54 Å². The van der Waals surface area contributed by atoms with Crippen LogP contribution in [0.25, 0.3) is 10.9 Å². The Balaban J connectivity index is 2.53. The first-order chi connectivity index (χ1) is 7.72. The van der Waals surface area contributed by atoms with Crippen LogP contribution in [0.3, 0.4) is 0 Å². The molecule has 0 spiro atoms. The Bertz CT molecular complexity index is 560. The van der Waals surface area contributed by atoms with Crippen molar-refractivity contribution < 1.29 is 0 Å². The van der Waals surface area contributed by atoms with E-state index in [2.05, 4.69) is 4.98 Å². The summed E-state index contributed by atoms with van der Waals surface area (Å²) in [5, 5.41) is 0.671. The summed E-state index contributed by atoms with van der Waals surface area (Å²) < 4.78 is 1.62. The first-order valence-electron chi connectivity index (χ1n) is 5.38. The Hall–Kier alpha value is -1.68. The van der Waals surface area contributed by atoms with Crippen molar-refractivity contribution in [3.8, 4) is 0 Å². The molecule has 0 amide bonds. The first-order valence-corrected chi connectivity index (χ1v) is 5.38. The fourth-order valence-electron chi connectivity index (χ4n) is 1.69. The summed E-state index contributed by atoms with van der Waals surface area (Å²) in [4.78, 5) is 16.3. The van der Waals surface area contributed by atoms with Gasteiger partial charge in [-0.2, -0.15) is 0 Å². The Morgan fingerprint density at radius 3 is 3.00 bits per heavy atom. The van der Waals surface area contributed by atoms with Crippen LogP contribution in [-0.4, -0.2) is 16.1 Å². The maximum atomic E-state index is 12.0. The molecule has 2 N–H and O–H groups in total. The van der Waals surface area contributed by atoms with Crippen LogP contribution < -0.4 is 11.3 Å². The van der Waals surface area contributed by atoms with Gasteiger partial charge >= 0.3 is 0 Å². The summed E-state index contributed by atoms with van der Waals surface area (Å²) in [6.45, 7) is 3.20. The minimum atomic E-state index is 0.0125. The molecule has 0 saturated carbocycles. The Kier molecular flexibility index (Phi) is 3.01. The normalized spacial score (nSPS) is 10.9. The van der Waals surface area contributed by atoms with Crippen molar-refractivity contribution in [1.29, 1.82) is 0 Å². The van der Waals surface area contributed by atoms with Gasteiger partial charge in [-0.1, -0.05) is 6.07 Å². The number of hydrogen-bond acceptors (Lipinski definition) is 3. The van der Waals surface area contributed by atoms with Gasteiger partial charge in [0.05, 0.1) is 17.2 Å². The minimum Gasteiger partial charge on any atom is -0.330 e. The van der Waals surface area contributed by atoms with Crippen molar-refractivity contribution in [2.45, 2.75) is 19.9 Å². The quantitative estimate of drug-likeness (QED) is 0.836. The monoisotopic (exact) mass is 217 g/mol. The van der Waals surface area contributed by atoms with Crippen LogP contribution >= 0.6 is 0 Å². The van der Waals surface area contributed by atoms with Crippen molar-refractivity contribution in [2.24, 2.45) is 5.73 Å². The highest BCUT2D eigenvalue weighted by molar-refractivity contribution is 5.77. The molecule has 2 aromatic rings. The van der Waals surface area contributed by atoms with Gasteiger partial charge in [-0.15, -0.1) is 0 Å². The van der Waals surface area contributed by atoms with Gasteiger partial charge < -0.3 is 5.73 Å². The van der Waals surface area contributed by atoms with Crippen LogP contribution in [0.5, 0.6) is 0 Å². The SMILES string of the molecule is Cc1ccc2c(=O)n(CCCN)cnc2c1. The molecule has 2 rings (SSSR count). The predicted molar refractivity (Wildman–Crippen MR) is 64.4 cm³/mol. The molecule has 4 heteroatoms. The zero-order chi connectivity index (χ0) is 11.5. The van der Waals surface area contributed by atoms with Crippen LogP contribution in [-0.2, 0) is 6.54 Å². The van der Waals surface area contributed by atoms with Gasteiger partial charge in [0.2, 0.25) is 0 Å². The molecule has 16 heavy (non-hydrogen) atoms. The second kappa shape index (κ2) is 4.45. The highest BCUT2D eigenvalue weighted by atomic mass is 16.1. The highest BCUT2D eigenvalue weighted by Gasteiger charge is 2.03. The molecule has 0 aliphatic rings. The number of hydrogen-bond donors (Lipinski definition) is 1. The standard InChI is InChI=1S/C12H15N3O/c1-9-3-4-10-11(7-9)14-8-15(12(10)16)6-2-5-13/h3-4,7-8H,2,5-6,13H2,1H3. The minimum absolute atomic E-state index is 0.0125. The van der Waals surface area contributed by atoms with E-state index < -0.39 is 0 Å². The fraction of sp³-hybridized carbons (Fsp3) is 0.333. The van der Waals surface area contributed by atoms with Crippen molar-refractivity contribution in [3.63, 3.8) is 0 Å². The van der Waals surface area contributed by atoms with Gasteiger partial charge in [0, 0.05) is 6.54 Å². The summed E-state index contributed by atoms with van der Waals surface area (Å²) in [7, 11) is 0. The van der Waals surface area contributed by atoms with Crippen LogP contribution in [0, 0.1) is 6.92 Å². The fourth-order valence-corrected chi connectivity index (χ4v) is 1.69. The molecule has 0 saturated heterocycles. The van der Waals surface area contributed by atoms with Crippen LogP contribution in [0.15, 0.2) is 29.3 Å². The second-order valence-electron chi connectivity index (χ2n) is 3.91. The van der Waals surface area contributed by atoms with E-state index in [0.717, 1.165) is 17.5 Å². The molecule has 4 nitrogen and oxygen atoms in total. The van der Waals surface area contributed by atoms with E-state index in [1.54, 1.807) is 10.9 Å². The Morgan fingerprint density at radius 2 is 2.25 bits per heavy atom. The molecule has 0 fully saturated rings. The summed E-state index contributed by atoms with van der Waals surface area (Å²) in [6.07, 6.45) is 2.39. The van der Waals surface area contributed by atoms with Crippen molar-refractivity contribution in [3.05, 3.63) is 40.4 Å². The molecule has 0 bridgehead atoms. The number of aryl methyl sites for hydroxylation is 2. The maximum absolute atomic E-state index is 12.0. The van der Waals surface area contributed by atoms with E-state index in [-0.39, 0.29) is 5.56 Å². The molecule has 0 unspecified atom stereocenters. The molecule has 1 aromatic carbocycles. The lowest BCUT2D eigenvalue weighted by molar-refractivity contribution is 0.624. The number of aromatic nitrogens is 2. The molecule has 0 radical (unpaired) electrons. The Labute approximate surface area is 93.7 Å². The van der Waals surface area contributed by atoms with E-state index in [1.807, 2.05) is 25.1 Å². The summed E-state index contributed by atoms with van der Waals surface area (Å²) >= 11 is 0. The molecular formula is C12H15N3O. The molecule has 0 aliphatic heterocycles. The lowest BCUT2D eigenvalue weighted by Crippen LogP contribution is -2.21. The summed E-state index contributed by atoms with van der Waals surface area (Å²) in [6, 6.07) is 5.68. The summed E-state index contributed by atoms with van der Waals surface area (Å²) in [5.41, 5.74) is 7.30. The van der Waals surface area contributed by atoms with Gasteiger partial charge in [0.1, 0.15) is 0 Å². The van der Waals surface area contributed by atoms with Gasteiger partial charge in [-0.3, -0.25) is 9.36 Å². The van der Waals surface area contributed by atoms with Crippen molar-refractivity contribution in [1.82, 2.24) is 9.55 Å². The highest BCUT2D eigenvalue weighted by Crippen LogP contribution is 2.08. The largest absolute Gasteiger partial charge is 0.330 e. The first kappa shape index (κ1) is 10.8. The lowest BCUT2D eigenvalue weighted by atomic mass is 10.2. The maximum Gasteiger partial charge on any atom is 0.261 e. The number of fused-ring (bicyclic) bond motifs is 1. The third-order valence-corrected chi connectivity index (χ3v) is 2.58. The van der Waals surface area contributed by atoms with E-state index in [4.69, 9.17) is 5.73 Å². The van der Waals surface area contributed by atoms with Crippen LogP contribution in [0.2, 0.25) is 0 Å². The Morgan fingerprint density at radius 1 is 1.44 bits per heavy atom. The molecule has 1 heterocycles. The number of rotatable bonds is 3. The van der Waals surface area contributed by atoms with Gasteiger partial charge in [-0.05, 0) is 37.6 Å². The predicted octanol–water partition coefficient (Wildman–Crippen LogP) is 1.05. The molecule has 0 aliphatic carbocycles. The van der Waals surface area contributed by atoms with E-state index >= 15 is 0 Å². The molecule has 0 atom stereocenters. The average Bonchev–Trinajstić information content (AvgIpc) is 2.28. The number of benzene rings is 1. The van der Waals surface area contributed by atoms with E-state index in [1.165, 1.54) is 0 Å². The van der Waals surface area contributed by atoms with Gasteiger partial charge in [0.15, 0.2) is 0 Å². The number of nitrogens with zero attached hydrogens (tertiary/aromatic N) is 2. The smallest absolute Gasteiger partial charge is 0.261 e. The van der Waals surface area contributed by atoms with Crippen molar-refractivity contribution >= 4 is 10.9 Å². The van der Waals surface area contributed by atoms with E-state index in [9.17, 15) is 4.79 Å².